The van der Waals surface area contributed by atoms with Crippen LogP contribution in [-0.2, 0) is 10.4 Å². The molecule has 9 heteroatoms. The normalized spacial score (nSPS) is 6.44. The van der Waals surface area contributed by atoms with Gasteiger partial charge in [-0.1, -0.05) is 0 Å². The number of hydrogen-bond acceptors (Lipinski definition) is 4. The molecule has 4 radical (unpaired) electrons. The van der Waals surface area contributed by atoms with Crippen LogP contribution in [0.2, 0.25) is 0 Å². The minimum atomic E-state index is -5.17. The van der Waals surface area contributed by atoms with E-state index >= 15 is 0 Å². The molecule has 0 aliphatic carbocycles. The van der Waals surface area contributed by atoms with Gasteiger partial charge in [0.2, 0.25) is 0 Å². The van der Waals surface area contributed by atoms with Crippen LogP contribution in [0.4, 0.5) is 0 Å². The van der Waals surface area contributed by atoms with Crippen molar-refractivity contribution in [2.24, 2.45) is 0 Å². The molecule has 0 atom stereocenters. The Bertz CT molecular complexity index is 102. The average molecular weight is 197 g/mol. The molecule has 0 unspecified atom stereocenters. The average Bonchev–Trinajstić information content (AvgIpc) is 0.722. The second-order valence-corrected chi connectivity index (χ2v) is 1.22. The molecule has 0 bridgehead atoms. The zero-order chi connectivity index (χ0) is 4.50. The van der Waals surface area contributed by atoms with E-state index in [2.05, 4.69) is 0 Å². The van der Waals surface area contributed by atoms with E-state index in [4.69, 9.17) is 17.5 Å². The van der Waals surface area contributed by atoms with Crippen molar-refractivity contribution >= 4 is 71.2 Å². The van der Waals surface area contributed by atoms with Gasteiger partial charge in [-0.2, -0.15) is 0 Å². The predicted octanol–water partition coefficient (Wildman–Crippen LogP) is -1.35. The summed E-state index contributed by atoms with van der Waals surface area (Å²) in [6.07, 6.45) is 0. The molecule has 0 aromatic heterocycles. The van der Waals surface area contributed by atoms with Crippen molar-refractivity contribution in [3.63, 3.8) is 0 Å². The SMILES string of the molecule is O=S(=O)([O-])[O-].[Ca].[Mg].[NH4+].[NH4+]. The van der Waals surface area contributed by atoms with Crippen molar-refractivity contribution in [2.45, 2.75) is 0 Å². The van der Waals surface area contributed by atoms with Crippen LogP contribution in [0.15, 0.2) is 0 Å². The maximum atomic E-state index is 8.52. The number of rotatable bonds is 0. The van der Waals surface area contributed by atoms with Crippen LogP contribution in [0.5, 0.6) is 0 Å². The summed E-state index contributed by atoms with van der Waals surface area (Å²) in [7, 11) is -5.17. The van der Waals surface area contributed by atoms with Crippen LogP contribution < -0.4 is 12.3 Å². The summed E-state index contributed by atoms with van der Waals surface area (Å²) in [6.45, 7) is 0. The van der Waals surface area contributed by atoms with Gasteiger partial charge in [-0.25, -0.2) is 0 Å². The third-order valence-electron chi connectivity index (χ3n) is 0. The van der Waals surface area contributed by atoms with Crippen molar-refractivity contribution in [3.8, 4) is 0 Å². The fraction of sp³-hybridized carbons (Fsp3) is 0. The third-order valence-corrected chi connectivity index (χ3v) is 0. The molecule has 0 amide bonds. The van der Waals surface area contributed by atoms with Gasteiger partial charge in [-0.3, -0.25) is 8.42 Å². The summed E-state index contributed by atoms with van der Waals surface area (Å²) in [4.78, 5) is 0. The summed E-state index contributed by atoms with van der Waals surface area (Å²) in [5.74, 6) is 0. The van der Waals surface area contributed by atoms with Crippen LogP contribution in [0.25, 0.3) is 0 Å². The molecule has 8 N–H and O–H groups in total. The predicted molar refractivity (Wildman–Crippen MR) is 34.0 cm³/mol. The summed E-state index contributed by atoms with van der Waals surface area (Å²) in [5, 5.41) is 0. The van der Waals surface area contributed by atoms with Gasteiger partial charge in [0.15, 0.2) is 0 Å². The summed E-state index contributed by atoms with van der Waals surface area (Å²) in [5.41, 5.74) is 0. The second kappa shape index (κ2) is 12.5. The Morgan fingerprint density at radius 1 is 1.00 bits per heavy atom. The van der Waals surface area contributed by atoms with Crippen molar-refractivity contribution in [1.82, 2.24) is 12.3 Å². The van der Waals surface area contributed by atoms with Crippen LogP contribution in [0, 0.1) is 0 Å². The van der Waals surface area contributed by atoms with Crippen LogP contribution in [-0.4, -0.2) is 78.3 Å². The Morgan fingerprint density at radius 2 is 1.00 bits per heavy atom. The van der Waals surface area contributed by atoms with E-state index in [0.717, 1.165) is 0 Å². The van der Waals surface area contributed by atoms with Gasteiger partial charge >= 0.3 is 0 Å². The third kappa shape index (κ3) is 182. The molecule has 0 aromatic rings. The van der Waals surface area contributed by atoms with E-state index in [9.17, 15) is 0 Å². The number of quaternary nitrogens is 2. The maximum Gasteiger partial charge on any atom is 0.0311 e. The minimum Gasteiger partial charge on any atom is -0.759 e. The smallest absolute Gasteiger partial charge is 0.0311 e. The molecule has 0 heterocycles. The zero-order valence-corrected chi connectivity index (χ0v) is 9.89. The zero-order valence-electron chi connectivity index (χ0n) is 5.46. The fourth-order valence-electron chi connectivity index (χ4n) is 0. The van der Waals surface area contributed by atoms with Gasteiger partial charge in [0.1, 0.15) is 0 Å². The standard InChI is InChI=1S/Ca.Mg.2H3N.H2O4S/c;;;;1-5(2,3)4/h;;2*1H3;(H2,1,2,3,4). The van der Waals surface area contributed by atoms with E-state index < -0.39 is 10.4 Å². The van der Waals surface area contributed by atoms with E-state index in [-0.39, 0.29) is 73.1 Å². The minimum absolute atomic E-state index is 0. The van der Waals surface area contributed by atoms with Gasteiger partial charge in [0.05, 0.1) is 0 Å². The molecule has 52 valence electrons. The second-order valence-electron chi connectivity index (χ2n) is 0.408. The van der Waals surface area contributed by atoms with Crippen LogP contribution in [0.3, 0.4) is 0 Å². The van der Waals surface area contributed by atoms with E-state index in [1.165, 1.54) is 0 Å². The van der Waals surface area contributed by atoms with Gasteiger partial charge < -0.3 is 21.4 Å². The molecule has 0 saturated carbocycles. The first-order valence-corrected chi connectivity index (χ1v) is 2.00. The molecule has 0 rings (SSSR count). The van der Waals surface area contributed by atoms with Gasteiger partial charge in [-0.15, -0.1) is 0 Å². The Labute approximate surface area is 99.7 Å². The van der Waals surface area contributed by atoms with Crippen molar-refractivity contribution in [2.75, 3.05) is 0 Å². The molecule has 0 aliphatic rings. The van der Waals surface area contributed by atoms with Crippen LogP contribution >= 0.6 is 0 Å². The Morgan fingerprint density at radius 3 is 1.00 bits per heavy atom. The molecule has 6 nitrogen and oxygen atoms in total. The van der Waals surface area contributed by atoms with Crippen molar-refractivity contribution < 1.29 is 17.5 Å². The quantitative estimate of drug-likeness (QED) is 0.279. The topological polar surface area (TPSA) is 153 Å². The Kier molecular flexibility index (Phi) is 42.8. The Hall–Kier alpha value is 1.82. The molecule has 0 spiro atoms. The fourth-order valence-corrected chi connectivity index (χ4v) is 0. The number of hydrogen-bond donors (Lipinski definition) is 2. The van der Waals surface area contributed by atoms with Crippen LogP contribution in [0.1, 0.15) is 0 Å². The first-order valence-electron chi connectivity index (χ1n) is 0.667. The largest absolute Gasteiger partial charge is 0.759 e. The molecule has 9 heavy (non-hydrogen) atoms. The van der Waals surface area contributed by atoms with E-state index in [0.29, 0.717) is 0 Å². The summed E-state index contributed by atoms with van der Waals surface area (Å²) < 4.78 is 34.1. The molecule has 0 aromatic carbocycles. The van der Waals surface area contributed by atoms with Gasteiger partial charge in [0, 0.05) is 71.2 Å². The molecule has 0 aliphatic heterocycles. The molecular weight excluding hydrogens is 188 g/mol. The molecule has 0 saturated heterocycles. The van der Waals surface area contributed by atoms with Gasteiger partial charge in [-0.05, 0) is 0 Å². The summed E-state index contributed by atoms with van der Waals surface area (Å²) >= 11 is 0. The first kappa shape index (κ1) is 30.8. The molecular formula is H8CaMgN2O4S. The van der Waals surface area contributed by atoms with E-state index in [1.807, 2.05) is 0 Å². The maximum absolute atomic E-state index is 8.52. The van der Waals surface area contributed by atoms with Crippen molar-refractivity contribution in [3.05, 3.63) is 0 Å². The first-order chi connectivity index (χ1) is 2.00. The molecule has 0 fully saturated rings. The van der Waals surface area contributed by atoms with E-state index in [1.54, 1.807) is 0 Å². The summed E-state index contributed by atoms with van der Waals surface area (Å²) in [6, 6.07) is 0. The Balaban J connectivity index is -0.0000000133. The monoisotopic (exact) mass is 196 g/mol. The van der Waals surface area contributed by atoms with Crippen molar-refractivity contribution in [1.29, 1.82) is 0 Å². The van der Waals surface area contributed by atoms with Gasteiger partial charge in [0.25, 0.3) is 0 Å².